The summed E-state index contributed by atoms with van der Waals surface area (Å²) >= 11 is 0. The summed E-state index contributed by atoms with van der Waals surface area (Å²) in [6, 6.07) is 7.87. The highest BCUT2D eigenvalue weighted by Crippen LogP contribution is 2.42. The zero-order chi connectivity index (χ0) is 17.6. The van der Waals surface area contributed by atoms with Crippen LogP contribution < -0.4 is 14.8 Å². The average Bonchev–Trinajstić information content (AvgIpc) is 3.23. The van der Waals surface area contributed by atoms with E-state index < -0.39 is 6.29 Å². The molecule has 1 aromatic carbocycles. The Morgan fingerprint density at radius 2 is 2.08 bits per heavy atom. The predicted molar refractivity (Wildman–Crippen MR) is 85.8 cm³/mol. The number of amides is 2. The molecule has 3 heterocycles. The van der Waals surface area contributed by atoms with E-state index in [0.29, 0.717) is 12.2 Å². The number of hydrogen-bond donors (Lipinski definition) is 1. The van der Waals surface area contributed by atoms with Crippen LogP contribution in [0.3, 0.4) is 0 Å². The smallest absolute Gasteiger partial charge is 0.395 e. The van der Waals surface area contributed by atoms with Gasteiger partial charge in [0, 0.05) is 37.2 Å². The molecule has 0 bridgehead atoms. The van der Waals surface area contributed by atoms with Gasteiger partial charge >= 0.3 is 12.3 Å². The van der Waals surface area contributed by atoms with Gasteiger partial charge in [-0.2, -0.15) is 0 Å². The van der Waals surface area contributed by atoms with Gasteiger partial charge in [0.1, 0.15) is 0 Å². The molecule has 4 rings (SSSR count). The number of aryl methyl sites for hydroxylation is 1. The lowest BCUT2D eigenvalue weighted by atomic mass is 10.1. The van der Waals surface area contributed by atoms with E-state index in [1.165, 1.54) is 18.2 Å². The number of carbonyl (C=O) groups excluding carboxylic acids is 1. The molecule has 0 saturated carbocycles. The summed E-state index contributed by atoms with van der Waals surface area (Å²) in [5.74, 6) is -0.144. The van der Waals surface area contributed by atoms with Crippen LogP contribution in [0.25, 0.3) is 0 Å². The molecule has 8 heteroatoms. The Balaban J connectivity index is 1.50. The number of likely N-dealkylation sites (tertiary alicyclic amines) is 1. The molecule has 132 valence electrons. The minimum atomic E-state index is -3.67. The van der Waals surface area contributed by atoms with Crippen molar-refractivity contribution in [1.82, 2.24) is 9.47 Å². The summed E-state index contributed by atoms with van der Waals surface area (Å²) in [7, 11) is 1.95. The number of alkyl halides is 2. The summed E-state index contributed by atoms with van der Waals surface area (Å²) in [6.07, 6.45) is 0.0779. The molecule has 2 aliphatic rings. The highest BCUT2D eigenvalue weighted by molar-refractivity contribution is 5.90. The number of halogens is 2. The van der Waals surface area contributed by atoms with Crippen LogP contribution in [0.15, 0.2) is 36.5 Å². The van der Waals surface area contributed by atoms with Crippen molar-refractivity contribution >= 4 is 11.7 Å². The molecule has 2 amide bonds. The van der Waals surface area contributed by atoms with Gasteiger partial charge in [-0.15, -0.1) is 8.78 Å². The number of carbonyl (C=O) groups is 1. The number of rotatable bonds is 2. The fourth-order valence-corrected chi connectivity index (χ4v) is 3.36. The Kier molecular flexibility index (Phi) is 3.55. The van der Waals surface area contributed by atoms with E-state index in [1.54, 1.807) is 4.90 Å². The second-order valence-electron chi connectivity index (χ2n) is 6.15. The number of ether oxygens (including phenoxy) is 2. The number of aromatic nitrogens is 1. The van der Waals surface area contributed by atoms with Crippen LogP contribution in [0, 0.1) is 0 Å². The molecule has 1 unspecified atom stereocenters. The monoisotopic (exact) mass is 349 g/mol. The van der Waals surface area contributed by atoms with Crippen LogP contribution in [-0.2, 0) is 7.05 Å². The normalized spacial score (nSPS) is 20.8. The third kappa shape index (κ3) is 2.88. The number of nitrogens with zero attached hydrogens (tertiary/aromatic N) is 2. The third-order valence-corrected chi connectivity index (χ3v) is 4.49. The lowest BCUT2D eigenvalue weighted by molar-refractivity contribution is -0.286. The van der Waals surface area contributed by atoms with Crippen LogP contribution in [0.4, 0.5) is 19.3 Å². The van der Waals surface area contributed by atoms with Crippen LogP contribution in [0.1, 0.15) is 24.6 Å². The maximum Gasteiger partial charge on any atom is 0.586 e. The molecule has 2 aliphatic heterocycles. The van der Waals surface area contributed by atoms with E-state index in [9.17, 15) is 13.6 Å². The minimum Gasteiger partial charge on any atom is -0.395 e. The Hall–Kier alpha value is -2.77. The molecular formula is C17H17F2N3O3. The predicted octanol–water partition coefficient (Wildman–Crippen LogP) is 3.72. The summed E-state index contributed by atoms with van der Waals surface area (Å²) in [6.45, 7) is 0.643. The molecule has 0 spiro atoms. The van der Waals surface area contributed by atoms with Crippen molar-refractivity contribution in [2.75, 3.05) is 11.9 Å². The van der Waals surface area contributed by atoms with Gasteiger partial charge in [-0.1, -0.05) is 0 Å². The first-order valence-electron chi connectivity index (χ1n) is 8.02. The van der Waals surface area contributed by atoms with Crippen LogP contribution in [0.2, 0.25) is 0 Å². The molecule has 0 aliphatic carbocycles. The van der Waals surface area contributed by atoms with Gasteiger partial charge in [0.2, 0.25) is 0 Å². The number of hydrogen-bond acceptors (Lipinski definition) is 3. The molecule has 1 N–H and O–H groups in total. The fourth-order valence-electron chi connectivity index (χ4n) is 3.36. The first kappa shape index (κ1) is 15.7. The lowest BCUT2D eigenvalue weighted by Crippen LogP contribution is -2.35. The van der Waals surface area contributed by atoms with Crippen molar-refractivity contribution in [2.24, 2.45) is 7.05 Å². The molecule has 1 fully saturated rings. The number of benzene rings is 1. The second kappa shape index (κ2) is 5.65. The molecule has 1 saturated heterocycles. The van der Waals surface area contributed by atoms with E-state index in [2.05, 4.69) is 14.8 Å². The Bertz CT molecular complexity index is 821. The van der Waals surface area contributed by atoms with E-state index in [1.807, 2.05) is 29.9 Å². The minimum absolute atomic E-state index is 0.00153. The Labute approximate surface area is 142 Å². The van der Waals surface area contributed by atoms with Gasteiger partial charge in [0.25, 0.3) is 0 Å². The van der Waals surface area contributed by atoms with E-state index in [4.69, 9.17) is 0 Å². The highest BCUT2D eigenvalue weighted by atomic mass is 19.3. The zero-order valence-corrected chi connectivity index (χ0v) is 13.5. The molecular weight excluding hydrogens is 332 g/mol. The number of urea groups is 1. The maximum absolute atomic E-state index is 13.1. The molecule has 1 atom stereocenters. The van der Waals surface area contributed by atoms with Crippen molar-refractivity contribution in [3.05, 3.63) is 42.2 Å². The lowest BCUT2D eigenvalue weighted by Gasteiger charge is -2.25. The van der Waals surface area contributed by atoms with E-state index in [0.717, 1.165) is 18.5 Å². The summed E-state index contributed by atoms with van der Waals surface area (Å²) in [5.41, 5.74) is 1.44. The second-order valence-corrected chi connectivity index (χ2v) is 6.15. The molecule has 1 aromatic heterocycles. The van der Waals surface area contributed by atoms with Gasteiger partial charge in [-0.25, -0.2) is 4.79 Å². The molecule has 0 radical (unpaired) electrons. The maximum atomic E-state index is 13.1. The van der Waals surface area contributed by atoms with Crippen molar-refractivity contribution < 1.29 is 23.0 Å². The van der Waals surface area contributed by atoms with Crippen LogP contribution in [-0.4, -0.2) is 28.3 Å². The van der Waals surface area contributed by atoms with Gasteiger partial charge in [-0.05, 0) is 37.1 Å². The number of nitrogens with one attached hydrogen (secondary N) is 1. The van der Waals surface area contributed by atoms with Crippen molar-refractivity contribution in [3.8, 4) is 11.5 Å². The zero-order valence-electron chi connectivity index (χ0n) is 13.5. The van der Waals surface area contributed by atoms with Gasteiger partial charge in [-0.3, -0.25) is 0 Å². The van der Waals surface area contributed by atoms with E-state index in [-0.39, 0.29) is 23.6 Å². The van der Waals surface area contributed by atoms with Crippen molar-refractivity contribution in [1.29, 1.82) is 0 Å². The van der Waals surface area contributed by atoms with Crippen LogP contribution in [0.5, 0.6) is 11.5 Å². The van der Waals surface area contributed by atoms with Crippen molar-refractivity contribution in [2.45, 2.75) is 25.2 Å². The topological polar surface area (TPSA) is 55.7 Å². The number of anilines is 1. The van der Waals surface area contributed by atoms with Gasteiger partial charge in [0.05, 0.1) is 6.04 Å². The SMILES string of the molecule is Cn1cccc1C1CCCN1C(=O)Nc1ccc2c(c1)OC(F)(F)O2. The first-order chi connectivity index (χ1) is 11.9. The van der Waals surface area contributed by atoms with Gasteiger partial charge < -0.3 is 24.3 Å². The molecule has 6 nitrogen and oxygen atoms in total. The Morgan fingerprint density at radius 3 is 2.84 bits per heavy atom. The number of fused-ring (bicyclic) bond motifs is 1. The summed E-state index contributed by atoms with van der Waals surface area (Å²) in [4.78, 5) is 14.4. The average molecular weight is 349 g/mol. The molecule has 2 aromatic rings. The highest BCUT2D eigenvalue weighted by Gasteiger charge is 2.43. The first-order valence-corrected chi connectivity index (χ1v) is 8.02. The standard InChI is InChI=1S/C17H17F2N3O3/c1-21-8-2-4-12(21)13-5-3-9-22(13)16(23)20-11-6-7-14-15(10-11)25-17(18,19)24-14/h2,4,6-8,10,13H,3,5,9H2,1H3,(H,20,23). The quantitative estimate of drug-likeness (QED) is 0.899. The molecule has 25 heavy (non-hydrogen) atoms. The third-order valence-electron chi connectivity index (χ3n) is 4.49. The van der Waals surface area contributed by atoms with Crippen LogP contribution >= 0.6 is 0 Å². The van der Waals surface area contributed by atoms with Crippen molar-refractivity contribution in [3.63, 3.8) is 0 Å². The summed E-state index contributed by atoms with van der Waals surface area (Å²) < 4.78 is 36.9. The van der Waals surface area contributed by atoms with Gasteiger partial charge in [0.15, 0.2) is 11.5 Å². The summed E-state index contributed by atoms with van der Waals surface area (Å²) in [5, 5.41) is 2.75. The fraction of sp³-hybridized carbons (Fsp3) is 0.353. The Morgan fingerprint density at radius 1 is 1.28 bits per heavy atom. The largest absolute Gasteiger partial charge is 0.586 e. The van der Waals surface area contributed by atoms with E-state index >= 15 is 0 Å².